The Labute approximate surface area is 151 Å². The third kappa shape index (κ3) is 3.56. The van der Waals surface area contributed by atoms with Gasteiger partial charge in [-0.25, -0.2) is 9.67 Å². The Balaban J connectivity index is 2.09. The molecule has 6 heteroatoms. The van der Waals surface area contributed by atoms with E-state index in [4.69, 9.17) is 11.6 Å². The Bertz CT molecular complexity index is 834. The smallest absolute Gasteiger partial charge is 0.256 e. The summed E-state index contributed by atoms with van der Waals surface area (Å²) in [5, 5.41) is 4.71. The maximum atomic E-state index is 13.5. The van der Waals surface area contributed by atoms with E-state index in [0.717, 1.165) is 5.69 Å². The van der Waals surface area contributed by atoms with E-state index in [0.29, 0.717) is 10.6 Å². The summed E-state index contributed by atoms with van der Waals surface area (Å²) in [6.07, 6.45) is 2.95. The molecule has 5 nitrogen and oxygen atoms in total. The Morgan fingerprint density at radius 1 is 1.08 bits per heavy atom. The van der Waals surface area contributed by atoms with Gasteiger partial charge in [0.05, 0.1) is 0 Å². The minimum atomic E-state index is -0.682. The second kappa shape index (κ2) is 7.49. The highest BCUT2D eigenvalue weighted by atomic mass is 35.5. The number of benzene rings is 2. The highest BCUT2D eigenvalue weighted by Crippen LogP contribution is 2.29. The molecule has 3 aromatic rings. The van der Waals surface area contributed by atoms with Crippen molar-refractivity contribution in [2.24, 2.45) is 0 Å². The number of anilines is 1. The molecule has 1 aromatic heterocycles. The second-order valence-electron chi connectivity index (χ2n) is 5.94. The van der Waals surface area contributed by atoms with Crippen molar-refractivity contribution in [2.45, 2.75) is 25.9 Å². The van der Waals surface area contributed by atoms with Crippen molar-refractivity contribution < 1.29 is 4.79 Å². The van der Waals surface area contributed by atoms with E-state index in [9.17, 15) is 4.79 Å². The summed E-state index contributed by atoms with van der Waals surface area (Å²) in [5.41, 5.74) is 1.53. The summed E-state index contributed by atoms with van der Waals surface area (Å²) in [5.74, 6) is -0.111. The monoisotopic (exact) mass is 354 g/mol. The molecule has 0 aliphatic rings. The van der Waals surface area contributed by atoms with Gasteiger partial charge in [-0.1, -0.05) is 48.0 Å². The predicted molar refractivity (Wildman–Crippen MR) is 98.7 cm³/mol. The molecule has 128 valence electrons. The normalized spacial score (nSPS) is 12.2. The lowest BCUT2D eigenvalue weighted by Gasteiger charge is -2.31. The second-order valence-corrected chi connectivity index (χ2v) is 6.34. The molecule has 3 rings (SSSR count). The van der Waals surface area contributed by atoms with Crippen LogP contribution < -0.4 is 4.90 Å². The number of amides is 1. The summed E-state index contributed by atoms with van der Waals surface area (Å²) in [6.45, 7) is 3.96. The van der Waals surface area contributed by atoms with Crippen LogP contribution in [0.3, 0.4) is 0 Å². The molecule has 1 unspecified atom stereocenters. The maximum absolute atomic E-state index is 13.5. The Kier molecular flexibility index (Phi) is 5.14. The number of nitrogens with zero attached hydrogens (tertiary/aromatic N) is 4. The van der Waals surface area contributed by atoms with E-state index in [1.54, 1.807) is 15.6 Å². The zero-order valence-corrected chi connectivity index (χ0v) is 14.8. The van der Waals surface area contributed by atoms with Crippen LogP contribution in [0.15, 0.2) is 67.3 Å². The molecular weight excluding hydrogens is 336 g/mol. The third-order valence-corrected chi connectivity index (χ3v) is 4.27. The topological polar surface area (TPSA) is 51.0 Å². The van der Waals surface area contributed by atoms with Gasteiger partial charge in [-0.15, -0.1) is 0 Å². The number of carbonyl (C=O) groups is 1. The van der Waals surface area contributed by atoms with E-state index in [2.05, 4.69) is 10.1 Å². The van der Waals surface area contributed by atoms with Crippen molar-refractivity contribution in [3.63, 3.8) is 0 Å². The van der Waals surface area contributed by atoms with E-state index in [-0.39, 0.29) is 11.9 Å². The molecule has 1 atom stereocenters. The highest BCUT2D eigenvalue weighted by molar-refractivity contribution is 6.31. The number of rotatable bonds is 5. The van der Waals surface area contributed by atoms with Gasteiger partial charge >= 0.3 is 0 Å². The van der Waals surface area contributed by atoms with Gasteiger partial charge in [0.25, 0.3) is 5.91 Å². The number of halogens is 1. The Morgan fingerprint density at radius 2 is 1.76 bits per heavy atom. The van der Waals surface area contributed by atoms with Gasteiger partial charge < -0.3 is 4.90 Å². The maximum Gasteiger partial charge on any atom is 0.256 e. The first-order chi connectivity index (χ1) is 12.1. The van der Waals surface area contributed by atoms with E-state index >= 15 is 0 Å². The van der Waals surface area contributed by atoms with Crippen molar-refractivity contribution in [2.75, 3.05) is 4.90 Å². The summed E-state index contributed by atoms with van der Waals surface area (Å²) < 4.78 is 1.54. The van der Waals surface area contributed by atoms with Gasteiger partial charge in [-0.2, -0.15) is 5.10 Å². The van der Waals surface area contributed by atoms with Crippen molar-refractivity contribution in [3.05, 3.63) is 77.8 Å². The Hall–Kier alpha value is -2.66. The third-order valence-electron chi connectivity index (χ3n) is 3.92. The highest BCUT2D eigenvalue weighted by Gasteiger charge is 2.32. The van der Waals surface area contributed by atoms with Crippen LogP contribution in [-0.2, 0) is 4.79 Å². The van der Waals surface area contributed by atoms with Crippen molar-refractivity contribution >= 4 is 23.2 Å². The fourth-order valence-electron chi connectivity index (χ4n) is 2.84. The molecule has 25 heavy (non-hydrogen) atoms. The molecule has 0 bridgehead atoms. The van der Waals surface area contributed by atoms with Crippen LogP contribution in [0.1, 0.15) is 25.5 Å². The van der Waals surface area contributed by atoms with Gasteiger partial charge in [0, 0.05) is 22.3 Å². The molecule has 0 fully saturated rings. The number of carbonyl (C=O) groups excluding carboxylic acids is 1. The quantitative estimate of drug-likeness (QED) is 0.696. The van der Waals surface area contributed by atoms with Crippen LogP contribution in [0.25, 0.3) is 0 Å². The molecule has 0 N–H and O–H groups in total. The van der Waals surface area contributed by atoms with Gasteiger partial charge in [0.1, 0.15) is 12.7 Å². The molecule has 0 saturated carbocycles. The first kappa shape index (κ1) is 17.2. The molecule has 0 radical (unpaired) electrons. The molecule has 0 spiro atoms. The van der Waals surface area contributed by atoms with Crippen LogP contribution in [-0.4, -0.2) is 26.7 Å². The molecule has 1 heterocycles. The summed E-state index contributed by atoms with van der Waals surface area (Å²) in [7, 11) is 0. The number of hydrogen-bond acceptors (Lipinski definition) is 3. The zero-order chi connectivity index (χ0) is 17.8. The van der Waals surface area contributed by atoms with E-state index in [1.165, 1.54) is 12.7 Å². The first-order valence-electron chi connectivity index (χ1n) is 8.06. The summed E-state index contributed by atoms with van der Waals surface area (Å²) in [6, 6.07) is 16.2. The summed E-state index contributed by atoms with van der Waals surface area (Å²) >= 11 is 6.38. The largest absolute Gasteiger partial charge is 0.308 e. The van der Waals surface area contributed by atoms with Crippen LogP contribution in [0, 0.1) is 0 Å². The van der Waals surface area contributed by atoms with E-state index < -0.39 is 6.04 Å². The lowest BCUT2D eigenvalue weighted by molar-refractivity contribution is -0.121. The first-order valence-corrected chi connectivity index (χ1v) is 8.44. The minimum absolute atomic E-state index is 0.0246. The van der Waals surface area contributed by atoms with Gasteiger partial charge in [-0.3, -0.25) is 4.79 Å². The zero-order valence-electron chi connectivity index (χ0n) is 14.1. The molecule has 2 aromatic carbocycles. The predicted octanol–water partition coefficient (Wildman–Crippen LogP) is 3.96. The van der Waals surface area contributed by atoms with Crippen molar-refractivity contribution in [3.8, 4) is 0 Å². The molecule has 1 amide bonds. The number of aromatic nitrogens is 3. The lowest BCUT2D eigenvalue weighted by Crippen LogP contribution is -2.42. The van der Waals surface area contributed by atoms with Gasteiger partial charge in [0.15, 0.2) is 6.04 Å². The number of hydrogen-bond donors (Lipinski definition) is 0. The van der Waals surface area contributed by atoms with Crippen LogP contribution in [0.5, 0.6) is 0 Å². The van der Waals surface area contributed by atoms with Crippen molar-refractivity contribution in [1.82, 2.24) is 14.8 Å². The Morgan fingerprint density at radius 3 is 2.36 bits per heavy atom. The molecule has 0 aliphatic carbocycles. The minimum Gasteiger partial charge on any atom is -0.308 e. The SMILES string of the molecule is CC(C)N(C(=O)C(c1ccccc1Cl)n1cncn1)c1ccccc1. The molecule has 0 saturated heterocycles. The van der Waals surface area contributed by atoms with Gasteiger partial charge in [0.2, 0.25) is 0 Å². The van der Waals surface area contributed by atoms with E-state index in [1.807, 2.05) is 62.4 Å². The number of para-hydroxylation sites is 1. The van der Waals surface area contributed by atoms with Crippen LogP contribution >= 0.6 is 11.6 Å². The van der Waals surface area contributed by atoms with Crippen molar-refractivity contribution in [1.29, 1.82) is 0 Å². The molecule has 0 aliphatic heterocycles. The fraction of sp³-hybridized carbons (Fsp3) is 0.211. The average Bonchev–Trinajstić information content (AvgIpc) is 3.12. The fourth-order valence-corrected chi connectivity index (χ4v) is 3.08. The summed E-state index contributed by atoms with van der Waals surface area (Å²) in [4.78, 5) is 19.3. The van der Waals surface area contributed by atoms with Gasteiger partial charge in [-0.05, 0) is 32.0 Å². The average molecular weight is 355 g/mol. The standard InChI is InChI=1S/C19H19ClN4O/c1-14(2)24(15-8-4-3-5-9-15)19(25)18(23-13-21-12-22-23)16-10-6-7-11-17(16)20/h3-14,18H,1-2H3. The molecular formula is C19H19ClN4O. The van der Waals surface area contributed by atoms with Crippen LogP contribution in [0.2, 0.25) is 5.02 Å². The van der Waals surface area contributed by atoms with Crippen LogP contribution in [0.4, 0.5) is 5.69 Å². The lowest BCUT2D eigenvalue weighted by atomic mass is 10.0.